The number of hydrogen-bond donors (Lipinski definition) is 2. The minimum absolute atomic E-state index is 0.0623. The highest BCUT2D eigenvalue weighted by Gasteiger charge is 2.21. The maximum Gasteiger partial charge on any atom is 0.304 e. The predicted molar refractivity (Wildman–Crippen MR) is 60.3 cm³/mol. The van der Waals surface area contributed by atoms with Gasteiger partial charge in [0.05, 0.1) is 12.3 Å². The summed E-state index contributed by atoms with van der Waals surface area (Å²) in [5.41, 5.74) is 0.735. The number of thiol groups is 1. The zero-order valence-electron chi connectivity index (χ0n) is 8.09. The Bertz CT molecular complexity index is 348. The van der Waals surface area contributed by atoms with E-state index < -0.39 is 11.9 Å². The Balaban J connectivity index is 2.91. The van der Waals surface area contributed by atoms with Crippen molar-refractivity contribution in [1.82, 2.24) is 0 Å². The molecule has 1 unspecified atom stereocenters. The molecule has 0 saturated carbocycles. The van der Waals surface area contributed by atoms with Crippen LogP contribution in [0.4, 0.5) is 0 Å². The van der Waals surface area contributed by atoms with Crippen LogP contribution >= 0.6 is 12.6 Å². The smallest absolute Gasteiger partial charge is 0.304 e. The summed E-state index contributed by atoms with van der Waals surface area (Å²) in [6, 6.07) is 8.92. The van der Waals surface area contributed by atoms with Gasteiger partial charge in [0.1, 0.15) is 5.78 Å². The van der Waals surface area contributed by atoms with E-state index in [9.17, 15) is 9.59 Å². The Morgan fingerprint density at radius 3 is 2.33 bits per heavy atom. The summed E-state index contributed by atoms with van der Waals surface area (Å²) in [4.78, 5) is 22.1. The van der Waals surface area contributed by atoms with Crippen molar-refractivity contribution in [2.24, 2.45) is 0 Å². The van der Waals surface area contributed by atoms with Gasteiger partial charge < -0.3 is 5.11 Å². The summed E-state index contributed by atoms with van der Waals surface area (Å²) < 4.78 is 0. The minimum atomic E-state index is -0.973. The van der Waals surface area contributed by atoms with Crippen LogP contribution in [0.5, 0.6) is 0 Å². The van der Waals surface area contributed by atoms with E-state index in [1.807, 2.05) is 6.07 Å². The molecule has 15 heavy (non-hydrogen) atoms. The topological polar surface area (TPSA) is 54.4 Å². The van der Waals surface area contributed by atoms with Crippen LogP contribution in [0, 0.1) is 0 Å². The molecule has 0 aromatic heterocycles. The molecule has 0 spiro atoms. The standard InChI is InChI=1S/C11H12O3S/c12-10(7-15)9(6-11(13)14)8-4-2-1-3-5-8/h1-5,9,15H,6-7H2,(H,13,14). The van der Waals surface area contributed by atoms with Crippen LogP contribution in [0.3, 0.4) is 0 Å². The quantitative estimate of drug-likeness (QED) is 0.749. The lowest BCUT2D eigenvalue weighted by Crippen LogP contribution is -2.17. The van der Waals surface area contributed by atoms with Crippen molar-refractivity contribution in [1.29, 1.82) is 0 Å². The second-order valence-corrected chi connectivity index (χ2v) is 3.50. The van der Waals surface area contributed by atoms with Crippen LogP contribution < -0.4 is 0 Å². The van der Waals surface area contributed by atoms with Crippen molar-refractivity contribution >= 4 is 24.4 Å². The molecule has 0 amide bonds. The van der Waals surface area contributed by atoms with E-state index in [1.54, 1.807) is 24.3 Å². The fourth-order valence-corrected chi connectivity index (χ4v) is 1.61. The van der Waals surface area contributed by atoms with Gasteiger partial charge in [-0.25, -0.2) is 0 Å². The Kier molecular flexibility index (Phi) is 4.37. The zero-order chi connectivity index (χ0) is 11.3. The molecule has 0 aliphatic carbocycles. The van der Waals surface area contributed by atoms with Crippen molar-refractivity contribution in [3.05, 3.63) is 35.9 Å². The van der Waals surface area contributed by atoms with Crippen molar-refractivity contribution in [2.45, 2.75) is 12.3 Å². The third-order valence-electron chi connectivity index (χ3n) is 2.13. The highest BCUT2D eigenvalue weighted by molar-refractivity contribution is 7.81. The first-order valence-electron chi connectivity index (χ1n) is 4.55. The SMILES string of the molecule is O=C(O)CC(C(=O)CS)c1ccccc1. The van der Waals surface area contributed by atoms with Gasteiger partial charge in [-0.2, -0.15) is 12.6 Å². The molecule has 0 aliphatic heterocycles. The minimum Gasteiger partial charge on any atom is -0.481 e. The number of carboxylic acid groups (broad SMARTS) is 1. The fraction of sp³-hybridized carbons (Fsp3) is 0.273. The lowest BCUT2D eigenvalue weighted by molar-refractivity contribution is -0.139. The van der Waals surface area contributed by atoms with Gasteiger partial charge in [-0.15, -0.1) is 0 Å². The first kappa shape index (κ1) is 11.8. The van der Waals surface area contributed by atoms with E-state index in [0.29, 0.717) is 0 Å². The maximum atomic E-state index is 11.5. The van der Waals surface area contributed by atoms with Crippen molar-refractivity contribution < 1.29 is 14.7 Å². The third-order valence-corrected chi connectivity index (χ3v) is 2.44. The van der Waals surface area contributed by atoms with Gasteiger partial charge >= 0.3 is 5.97 Å². The second-order valence-electron chi connectivity index (χ2n) is 3.19. The fourth-order valence-electron chi connectivity index (χ4n) is 1.39. The summed E-state index contributed by atoms with van der Waals surface area (Å²) in [6.45, 7) is 0. The lowest BCUT2D eigenvalue weighted by atomic mass is 9.92. The number of benzene rings is 1. The number of rotatable bonds is 5. The van der Waals surface area contributed by atoms with Crippen molar-refractivity contribution in [3.8, 4) is 0 Å². The van der Waals surface area contributed by atoms with Crippen LogP contribution in [-0.4, -0.2) is 22.6 Å². The van der Waals surface area contributed by atoms with Crippen LogP contribution in [0.2, 0.25) is 0 Å². The Labute approximate surface area is 93.5 Å². The molecule has 80 valence electrons. The molecule has 1 N–H and O–H groups in total. The molecule has 0 heterocycles. The van der Waals surface area contributed by atoms with Crippen LogP contribution in [0.15, 0.2) is 30.3 Å². The molecular formula is C11H12O3S. The molecule has 1 aromatic rings. The van der Waals surface area contributed by atoms with E-state index in [2.05, 4.69) is 12.6 Å². The molecule has 4 heteroatoms. The average molecular weight is 224 g/mol. The summed E-state index contributed by atoms with van der Waals surface area (Å²) >= 11 is 3.88. The molecule has 0 radical (unpaired) electrons. The number of aliphatic carboxylic acids is 1. The molecule has 0 fully saturated rings. The molecule has 1 rings (SSSR count). The highest BCUT2D eigenvalue weighted by atomic mass is 32.1. The normalized spacial score (nSPS) is 12.1. The number of hydrogen-bond acceptors (Lipinski definition) is 3. The lowest BCUT2D eigenvalue weighted by Gasteiger charge is -2.12. The van der Waals surface area contributed by atoms with Crippen LogP contribution in [0.1, 0.15) is 17.9 Å². The van der Waals surface area contributed by atoms with Crippen molar-refractivity contribution in [3.63, 3.8) is 0 Å². The van der Waals surface area contributed by atoms with Gasteiger partial charge in [-0.3, -0.25) is 9.59 Å². The Hall–Kier alpha value is -1.29. The van der Waals surface area contributed by atoms with Gasteiger partial charge in [0.25, 0.3) is 0 Å². The number of carbonyl (C=O) groups excluding carboxylic acids is 1. The van der Waals surface area contributed by atoms with Crippen LogP contribution in [-0.2, 0) is 9.59 Å². The average Bonchev–Trinajstić information content (AvgIpc) is 2.26. The summed E-state index contributed by atoms with van der Waals surface area (Å²) in [5, 5.41) is 8.71. The second kappa shape index (κ2) is 5.56. The van der Waals surface area contributed by atoms with Gasteiger partial charge in [0.15, 0.2) is 0 Å². The van der Waals surface area contributed by atoms with Gasteiger partial charge in [0, 0.05) is 5.75 Å². The Morgan fingerprint density at radius 1 is 1.27 bits per heavy atom. The van der Waals surface area contributed by atoms with Gasteiger partial charge in [-0.1, -0.05) is 30.3 Å². The first-order chi connectivity index (χ1) is 7.15. The summed E-state index contributed by atoms with van der Waals surface area (Å²) in [5.74, 6) is -1.65. The van der Waals surface area contributed by atoms with Crippen molar-refractivity contribution in [2.75, 3.05) is 5.75 Å². The molecule has 0 saturated heterocycles. The van der Waals surface area contributed by atoms with Gasteiger partial charge in [0.2, 0.25) is 0 Å². The van der Waals surface area contributed by atoms with E-state index in [4.69, 9.17) is 5.11 Å². The highest BCUT2D eigenvalue weighted by Crippen LogP contribution is 2.21. The number of carbonyl (C=O) groups is 2. The third kappa shape index (κ3) is 3.40. The number of ketones is 1. The molecule has 1 aromatic carbocycles. The molecule has 3 nitrogen and oxygen atoms in total. The molecular weight excluding hydrogens is 212 g/mol. The number of Topliss-reactive ketones (excluding diaryl/α,β-unsaturated/α-hetero) is 1. The molecule has 1 atom stereocenters. The first-order valence-corrected chi connectivity index (χ1v) is 5.18. The van der Waals surface area contributed by atoms with Crippen LogP contribution in [0.25, 0.3) is 0 Å². The monoisotopic (exact) mass is 224 g/mol. The summed E-state index contributed by atoms with van der Waals surface area (Å²) in [7, 11) is 0. The van der Waals surface area contributed by atoms with E-state index in [1.165, 1.54) is 0 Å². The van der Waals surface area contributed by atoms with E-state index in [0.717, 1.165) is 5.56 Å². The largest absolute Gasteiger partial charge is 0.481 e. The van der Waals surface area contributed by atoms with E-state index in [-0.39, 0.29) is 18.0 Å². The maximum absolute atomic E-state index is 11.5. The predicted octanol–water partition coefficient (Wildman–Crippen LogP) is 1.74. The van der Waals surface area contributed by atoms with Gasteiger partial charge in [-0.05, 0) is 5.56 Å². The summed E-state index contributed by atoms with van der Waals surface area (Å²) in [6.07, 6.45) is -0.177. The zero-order valence-corrected chi connectivity index (χ0v) is 8.98. The molecule has 0 bridgehead atoms. The van der Waals surface area contributed by atoms with E-state index >= 15 is 0 Å². The number of carboxylic acids is 1. The molecule has 0 aliphatic rings. The Morgan fingerprint density at radius 2 is 1.87 bits per heavy atom.